The van der Waals surface area contributed by atoms with E-state index in [4.69, 9.17) is 0 Å². The summed E-state index contributed by atoms with van der Waals surface area (Å²) in [5.74, 6) is 5.60. The van der Waals surface area contributed by atoms with Gasteiger partial charge in [0.15, 0.2) is 0 Å². The molecule has 0 spiro atoms. The lowest BCUT2D eigenvalue weighted by Gasteiger charge is -2.16. The Morgan fingerprint density at radius 2 is 1.91 bits per heavy atom. The Bertz CT molecular complexity index is 1420. The van der Waals surface area contributed by atoms with Crippen LogP contribution >= 0.6 is 0 Å². The summed E-state index contributed by atoms with van der Waals surface area (Å²) in [5, 5.41) is 0. The molecule has 7 nitrogen and oxygen atoms in total. The van der Waals surface area contributed by atoms with Crippen molar-refractivity contribution in [2.24, 2.45) is 0 Å². The first kappa shape index (κ1) is 24.9. The highest BCUT2D eigenvalue weighted by atomic mass is 32.2. The van der Waals surface area contributed by atoms with Crippen LogP contribution in [-0.4, -0.2) is 48.6 Å². The third-order valence-corrected chi connectivity index (χ3v) is 5.66. The summed E-state index contributed by atoms with van der Waals surface area (Å²) >= 11 is 0. The molecule has 34 heavy (non-hydrogen) atoms. The minimum atomic E-state index is -3.47. The van der Waals surface area contributed by atoms with E-state index in [0.717, 1.165) is 6.26 Å². The highest BCUT2D eigenvalue weighted by molar-refractivity contribution is 7.92. The number of aryl methyl sites for hydroxylation is 2. The molecule has 0 bridgehead atoms. The van der Waals surface area contributed by atoms with E-state index in [1.807, 2.05) is 25.9 Å². The number of nitrogens with one attached hydrogen (secondary N) is 1. The van der Waals surface area contributed by atoms with E-state index in [-0.39, 0.29) is 0 Å². The van der Waals surface area contributed by atoms with Crippen LogP contribution in [0.25, 0.3) is 17.0 Å². The van der Waals surface area contributed by atoms with Gasteiger partial charge in [0.25, 0.3) is 0 Å². The van der Waals surface area contributed by atoms with Crippen LogP contribution < -0.4 is 4.72 Å². The van der Waals surface area contributed by atoms with Gasteiger partial charge < -0.3 is 4.90 Å². The Kier molecular flexibility index (Phi) is 7.32. The average molecular weight is 480 g/mol. The van der Waals surface area contributed by atoms with Crippen molar-refractivity contribution in [1.82, 2.24) is 19.9 Å². The first-order chi connectivity index (χ1) is 16.0. The number of aromatic nitrogens is 3. The molecule has 1 N–H and O–H groups in total. The van der Waals surface area contributed by atoms with Crippen LogP contribution in [0.15, 0.2) is 43.4 Å². The van der Waals surface area contributed by atoms with Gasteiger partial charge in [-0.2, -0.15) is 0 Å². The molecule has 0 aliphatic carbocycles. The van der Waals surface area contributed by atoms with Gasteiger partial charge in [0, 0.05) is 42.7 Å². The molecule has 0 atom stereocenters. The summed E-state index contributed by atoms with van der Waals surface area (Å²) in [6.45, 7) is 7.60. The molecule has 176 valence electrons. The molecule has 3 aromatic rings. The van der Waals surface area contributed by atoms with Crippen molar-refractivity contribution in [3.8, 4) is 23.1 Å². The van der Waals surface area contributed by atoms with Crippen LogP contribution in [0.5, 0.6) is 0 Å². The molecule has 0 saturated carbocycles. The van der Waals surface area contributed by atoms with Gasteiger partial charge in [-0.3, -0.25) is 9.71 Å². The van der Waals surface area contributed by atoms with Crippen molar-refractivity contribution in [2.45, 2.75) is 20.3 Å². The highest BCUT2D eigenvalue weighted by Gasteiger charge is 2.16. The van der Waals surface area contributed by atoms with Crippen molar-refractivity contribution in [3.05, 3.63) is 77.3 Å². The first-order valence-corrected chi connectivity index (χ1v) is 12.4. The van der Waals surface area contributed by atoms with E-state index in [1.54, 1.807) is 31.3 Å². The van der Waals surface area contributed by atoms with Gasteiger partial charge in [0.05, 0.1) is 34.6 Å². The van der Waals surface area contributed by atoms with Crippen molar-refractivity contribution in [1.29, 1.82) is 0 Å². The number of hydrogen-bond donors (Lipinski definition) is 1. The highest BCUT2D eigenvalue weighted by Crippen LogP contribution is 2.28. The summed E-state index contributed by atoms with van der Waals surface area (Å²) in [6, 6.07) is 6.48. The second-order valence-electron chi connectivity index (χ2n) is 7.91. The number of anilines is 1. The lowest BCUT2D eigenvalue weighted by Crippen LogP contribution is -2.11. The molecule has 0 aliphatic rings. The number of sulfonamides is 1. The maximum Gasteiger partial charge on any atom is 0.229 e. The van der Waals surface area contributed by atoms with Crippen LogP contribution in [0, 0.1) is 24.6 Å². The summed E-state index contributed by atoms with van der Waals surface area (Å²) in [5.41, 5.74) is 4.58. The molecule has 0 fully saturated rings. The van der Waals surface area contributed by atoms with Gasteiger partial charge in [0.2, 0.25) is 10.0 Å². The standard InChI is InChI=1S/C25H26FN5O2S/c1-7-23-21(10-8-18-12-24(16(2)27-14-18)30-34(6,32)33)25(29-15-28-23)20-11-9-19(13-22(20)26)17(3)31(4)5/h9,11-15,30H,3,7H2,1-2,4-6H3. The predicted octanol–water partition coefficient (Wildman–Crippen LogP) is 3.85. The van der Waals surface area contributed by atoms with Crippen molar-refractivity contribution in [3.63, 3.8) is 0 Å². The van der Waals surface area contributed by atoms with Gasteiger partial charge in [-0.1, -0.05) is 31.4 Å². The number of rotatable bonds is 6. The van der Waals surface area contributed by atoms with E-state index in [2.05, 4.69) is 38.1 Å². The Balaban J connectivity index is 2.09. The van der Waals surface area contributed by atoms with Crippen LogP contribution in [0.1, 0.15) is 35.0 Å². The van der Waals surface area contributed by atoms with Crippen molar-refractivity contribution >= 4 is 21.4 Å². The maximum absolute atomic E-state index is 15.1. The molecule has 0 radical (unpaired) electrons. The number of hydrogen-bond acceptors (Lipinski definition) is 6. The van der Waals surface area contributed by atoms with Crippen LogP contribution in [0.4, 0.5) is 10.1 Å². The zero-order valence-electron chi connectivity index (χ0n) is 19.8. The number of benzene rings is 1. The van der Waals surface area contributed by atoms with E-state index >= 15 is 4.39 Å². The van der Waals surface area contributed by atoms with Crippen LogP contribution in [0.3, 0.4) is 0 Å². The molecule has 1 aromatic carbocycles. The van der Waals surface area contributed by atoms with Gasteiger partial charge >= 0.3 is 0 Å². The summed E-state index contributed by atoms with van der Waals surface area (Å²) in [7, 11) is 0.222. The molecule has 0 amide bonds. The molecule has 0 aliphatic heterocycles. The van der Waals surface area contributed by atoms with E-state index < -0.39 is 15.8 Å². The van der Waals surface area contributed by atoms with Crippen LogP contribution in [0.2, 0.25) is 0 Å². The fourth-order valence-corrected chi connectivity index (χ4v) is 3.82. The molecule has 0 saturated heterocycles. The monoisotopic (exact) mass is 479 g/mol. The van der Waals surface area contributed by atoms with Crippen molar-refractivity contribution < 1.29 is 12.8 Å². The Morgan fingerprint density at radius 3 is 2.53 bits per heavy atom. The Labute approximate surface area is 199 Å². The molecular formula is C25H26FN5O2S. The number of halogens is 1. The fraction of sp³-hybridized carbons (Fsp3) is 0.240. The van der Waals surface area contributed by atoms with Crippen molar-refractivity contribution in [2.75, 3.05) is 25.1 Å². The van der Waals surface area contributed by atoms with E-state index in [0.29, 0.717) is 57.1 Å². The van der Waals surface area contributed by atoms with Gasteiger partial charge in [-0.15, -0.1) is 0 Å². The molecule has 3 rings (SSSR count). The Hall–Kier alpha value is -3.77. The van der Waals surface area contributed by atoms with Gasteiger partial charge in [0.1, 0.15) is 12.1 Å². The van der Waals surface area contributed by atoms with Gasteiger partial charge in [-0.25, -0.2) is 22.8 Å². The third kappa shape index (κ3) is 5.77. The maximum atomic E-state index is 15.1. The zero-order valence-corrected chi connectivity index (χ0v) is 20.6. The normalized spacial score (nSPS) is 10.9. The molecule has 2 heterocycles. The van der Waals surface area contributed by atoms with E-state index in [1.165, 1.54) is 12.4 Å². The molecule has 0 unspecified atom stereocenters. The minimum Gasteiger partial charge on any atom is -0.378 e. The lowest BCUT2D eigenvalue weighted by molar-refractivity contribution is 0.590. The Morgan fingerprint density at radius 1 is 1.18 bits per heavy atom. The quantitative estimate of drug-likeness (QED) is 0.541. The summed E-state index contributed by atoms with van der Waals surface area (Å²) in [6.07, 6.45) is 4.59. The van der Waals surface area contributed by atoms with Crippen LogP contribution in [-0.2, 0) is 16.4 Å². The van der Waals surface area contributed by atoms with E-state index in [9.17, 15) is 8.42 Å². The SMILES string of the molecule is C=C(c1ccc(-c2ncnc(CC)c2C#Cc2cnc(C)c(NS(C)(=O)=O)c2)c(F)c1)N(C)C. The topological polar surface area (TPSA) is 88.1 Å². The fourth-order valence-electron chi connectivity index (χ4n) is 3.21. The summed E-state index contributed by atoms with van der Waals surface area (Å²) < 4.78 is 40.8. The lowest BCUT2D eigenvalue weighted by atomic mass is 10.0. The second kappa shape index (κ2) is 10.0. The largest absolute Gasteiger partial charge is 0.378 e. The first-order valence-electron chi connectivity index (χ1n) is 10.5. The number of pyridine rings is 1. The predicted molar refractivity (Wildman–Crippen MR) is 133 cm³/mol. The molecule has 9 heteroatoms. The minimum absolute atomic E-state index is 0.304. The number of nitrogens with zero attached hydrogens (tertiary/aromatic N) is 4. The smallest absolute Gasteiger partial charge is 0.229 e. The third-order valence-electron chi connectivity index (χ3n) is 5.07. The molecule has 2 aromatic heterocycles. The van der Waals surface area contributed by atoms with Gasteiger partial charge in [-0.05, 0) is 31.5 Å². The zero-order chi connectivity index (χ0) is 25.0. The average Bonchev–Trinajstić information content (AvgIpc) is 2.77. The summed E-state index contributed by atoms with van der Waals surface area (Å²) in [4.78, 5) is 14.7. The second-order valence-corrected chi connectivity index (χ2v) is 9.66. The molecular weight excluding hydrogens is 453 g/mol.